The average molecular weight is 271 g/mol. The van der Waals surface area contributed by atoms with Gasteiger partial charge in [-0.15, -0.1) is 0 Å². The summed E-state index contributed by atoms with van der Waals surface area (Å²) in [5.41, 5.74) is 0. The summed E-state index contributed by atoms with van der Waals surface area (Å²) in [6.07, 6.45) is 0. The second-order valence-electron chi connectivity index (χ2n) is 3.10. The standard InChI is InChI=1S/C9H13NO5S.Na.H/c1-4-15-9(12)8(11)7(5-10)16(13,14)6(2)3;;/h6,11H,4H2,1-3H3;;. The second-order valence-corrected chi connectivity index (χ2v) is 5.54. The Morgan fingerprint density at radius 2 is 1.94 bits per heavy atom. The van der Waals surface area contributed by atoms with Crippen molar-refractivity contribution in [3.63, 3.8) is 0 Å². The number of carbonyl (C=O) groups excluding carboxylic acids is 1. The van der Waals surface area contributed by atoms with Crippen LogP contribution in [0.5, 0.6) is 0 Å². The molecule has 0 heterocycles. The number of carbonyl (C=O) groups is 1. The number of nitriles is 1. The number of aliphatic hydroxyl groups excluding tert-OH is 1. The van der Waals surface area contributed by atoms with Crippen molar-refractivity contribution in [1.82, 2.24) is 0 Å². The van der Waals surface area contributed by atoms with Crippen molar-refractivity contribution in [1.29, 1.82) is 5.26 Å². The van der Waals surface area contributed by atoms with Gasteiger partial charge in [0.25, 0.3) is 0 Å². The molecule has 0 saturated heterocycles. The molecule has 0 aliphatic carbocycles. The molecule has 0 atom stereocenters. The molecular weight excluding hydrogens is 257 g/mol. The van der Waals surface area contributed by atoms with Crippen LogP contribution in [0.3, 0.4) is 0 Å². The van der Waals surface area contributed by atoms with E-state index in [1.54, 1.807) is 0 Å². The van der Waals surface area contributed by atoms with Gasteiger partial charge < -0.3 is 9.84 Å². The molecule has 0 fully saturated rings. The first-order valence-electron chi connectivity index (χ1n) is 4.53. The molecule has 92 valence electrons. The van der Waals surface area contributed by atoms with E-state index in [1.807, 2.05) is 0 Å². The second kappa shape index (κ2) is 7.71. The first kappa shape index (κ1) is 18.8. The number of rotatable bonds is 4. The monoisotopic (exact) mass is 271 g/mol. The first-order valence-corrected chi connectivity index (χ1v) is 6.08. The van der Waals surface area contributed by atoms with Crippen molar-refractivity contribution in [3.05, 3.63) is 10.7 Å². The summed E-state index contributed by atoms with van der Waals surface area (Å²) in [6.45, 7) is 4.15. The van der Waals surface area contributed by atoms with Crippen LogP contribution in [0.25, 0.3) is 0 Å². The van der Waals surface area contributed by atoms with Crippen molar-refractivity contribution in [3.8, 4) is 6.07 Å². The van der Waals surface area contributed by atoms with Crippen LogP contribution in [-0.2, 0) is 19.4 Å². The Kier molecular flexibility index (Phi) is 8.53. The van der Waals surface area contributed by atoms with E-state index in [1.165, 1.54) is 26.8 Å². The number of hydrogen-bond acceptors (Lipinski definition) is 6. The molecule has 0 saturated carbocycles. The van der Waals surface area contributed by atoms with Gasteiger partial charge in [-0.25, -0.2) is 13.2 Å². The number of sulfone groups is 1. The summed E-state index contributed by atoms with van der Waals surface area (Å²) < 4.78 is 27.5. The zero-order valence-corrected chi connectivity index (χ0v) is 10.0. The Morgan fingerprint density at radius 3 is 2.24 bits per heavy atom. The fraction of sp³-hybridized carbons (Fsp3) is 0.556. The molecule has 6 nitrogen and oxygen atoms in total. The van der Waals surface area contributed by atoms with Crippen LogP contribution >= 0.6 is 0 Å². The van der Waals surface area contributed by atoms with Crippen molar-refractivity contribution in [2.24, 2.45) is 0 Å². The quantitative estimate of drug-likeness (QED) is 0.254. The zero-order chi connectivity index (χ0) is 12.9. The predicted molar refractivity (Wildman–Crippen MR) is 63.1 cm³/mol. The number of aliphatic hydroxyl groups is 1. The fourth-order valence-electron chi connectivity index (χ4n) is 0.779. The molecule has 0 aromatic rings. The van der Waals surface area contributed by atoms with Gasteiger partial charge in [0, 0.05) is 0 Å². The van der Waals surface area contributed by atoms with E-state index in [0.717, 1.165) is 0 Å². The molecule has 0 bridgehead atoms. The fourth-order valence-corrected chi connectivity index (χ4v) is 1.73. The first-order chi connectivity index (χ1) is 7.28. The SMILES string of the molecule is CCOC(=O)C(O)=C(C#N)S(=O)(=O)C(C)C.[NaH]. The number of allylic oxidation sites excluding steroid dienone is 1. The van der Waals surface area contributed by atoms with Crippen molar-refractivity contribution in [2.45, 2.75) is 26.0 Å². The van der Waals surface area contributed by atoms with Gasteiger partial charge in [-0.1, -0.05) is 0 Å². The molecule has 17 heavy (non-hydrogen) atoms. The van der Waals surface area contributed by atoms with E-state index in [4.69, 9.17) is 5.26 Å². The zero-order valence-electron chi connectivity index (χ0n) is 9.22. The third-order valence-electron chi connectivity index (χ3n) is 1.69. The van der Waals surface area contributed by atoms with E-state index >= 15 is 0 Å². The molecule has 0 radical (unpaired) electrons. The van der Waals surface area contributed by atoms with E-state index in [9.17, 15) is 18.3 Å². The van der Waals surface area contributed by atoms with Gasteiger partial charge in [0.05, 0.1) is 11.9 Å². The van der Waals surface area contributed by atoms with Crippen LogP contribution in [-0.4, -0.2) is 60.9 Å². The van der Waals surface area contributed by atoms with Gasteiger partial charge in [-0.3, -0.25) is 0 Å². The molecule has 0 aliphatic heterocycles. The molecule has 0 amide bonds. The summed E-state index contributed by atoms with van der Waals surface area (Å²) in [5, 5.41) is 17.0. The molecule has 0 aromatic heterocycles. The van der Waals surface area contributed by atoms with Gasteiger partial charge in [-0.05, 0) is 20.8 Å². The van der Waals surface area contributed by atoms with Crippen molar-refractivity contribution in [2.75, 3.05) is 6.61 Å². The van der Waals surface area contributed by atoms with Crippen LogP contribution in [0.15, 0.2) is 10.7 Å². The number of nitrogens with zero attached hydrogens (tertiary/aromatic N) is 1. The van der Waals surface area contributed by atoms with Gasteiger partial charge >= 0.3 is 35.5 Å². The van der Waals surface area contributed by atoms with Crippen LogP contribution in [0.4, 0.5) is 0 Å². The van der Waals surface area contributed by atoms with Gasteiger partial charge in [0.2, 0.25) is 5.76 Å². The van der Waals surface area contributed by atoms with E-state index in [0.29, 0.717) is 0 Å². The topological polar surface area (TPSA) is 104 Å². The Hall–Kier alpha value is -0.550. The van der Waals surface area contributed by atoms with Crippen molar-refractivity contribution < 1.29 is 23.1 Å². The summed E-state index contributed by atoms with van der Waals surface area (Å²) in [7, 11) is -3.98. The molecular formula is C9H14NNaO5S. The van der Waals surface area contributed by atoms with Gasteiger partial charge in [0.1, 0.15) is 6.07 Å². The Balaban J connectivity index is 0. The van der Waals surface area contributed by atoms with Crippen molar-refractivity contribution >= 4 is 45.4 Å². The predicted octanol–water partition coefficient (Wildman–Crippen LogP) is 0.0174. The molecule has 1 N–H and O–H groups in total. The summed E-state index contributed by atoms with van der Waals surface area (Å²) in [5.74, 6) is -2.39. The molecule has 0 rings (SSSR count). The molecule has 0 aliphatic rings. The maximum absolute atomic E-state index is 11.6. The molecule has 8 heteroatoms. The summed E-state index contributed by atoms with van der Waals surface area (Å²) in [6, 6.07) is 1.30. The Bertz CT molecular complexity index is 446. The number of esters is 1. The third-order valence-corrected chi connectivity index (χ3v) is 3.79. The Morgan fingerprint density at radius 1 is 1.47 bits per heavy atom. The third kappa shape index (κ3) is 4.68. The molecule has 0 spiro atoms. The van der Waals surface area contributed by atoms with Gasteiger partial charge in [-0.2, -0.15) is 5.26 Å². The minimum absolute atomic E-state index is 0. The van der Waals surface area contributed by atoms with Crippen LogP contribution in [0, 0.1) is 11.3 Å². The van der Waals surface area contributed by atoms with Crippen LogP contribution in [0.2, 0.25) is 0 Å². The van der Waals surface area contributed by atoms with Crippen LogP contribution < -0.4 is 0 Å². The van der Waals surface area contributed by atoms with E-state index < -0.39 is 31.7 Å². The summed E-state index contributed by atoms with van der Waals surface area (Å²) in [4.78, 5) is 10.1. The maximum atomic E-state index is 11.6. The molecule has 0 unspecified atom stereocenters. The summed E-state index contributed by atoms with van der Waals surface area (Å²) >= 11 is 0. The molecule has 0 aromatic carbocycles. The average Bonchev–Trinajstić information content (AvgIpc) is 2.18. The Labute approximate surface area is 122 Å². The van der Waals surface area contributed by atoms with Gasteiger partial charge in [0.15, 0.2) is 14.7 Å². The van der Waals surface area contributed by atoms with E-state index in [-0.39, 0.29) is 36.2 Å². The van der Waals surface area contributed by atoms with Crippen LogP contribution in [0.1, 0.15) is 20.8 Å². The number of ether oxygens (including phenoxy) is 1. The van der Waals surface area contributed by atoms with E-state index in [2.05, 4.69) is 4.74 Å². The minimum atomic E-state index is -3.98. The number of hydrogen-bond donors (Lipinski definition) is 1. The normalized spacial score (nSPS) is 12.2.